The lowest BCUT2D eigenvalue weighted by molar-refractivity contribution is -0.143. The predicted octanol–water partition coefficient (Wildman–Crippen LogP) is 2.23. The monoisotopic (exact) mass is 756 g/mol. The molecule has 18 nitrogen and oxygen atoms in total. The van der Waals surface area contributed by atoms with Gasteiger partial charge in [-0.25, -0.2) is 23.7 Å². The van der Waals surface area contributed by atoms with Crippen molar-refractivity contribution < 1.29 is 57.2 Å². The number of nitrogens with zero attached hydrogens (tertiary/aromatic N) is 3. The van der Waals surface area contributed by atoms with Crippen molar-refractivity contribution in [1.82, 2.24) is 25.0 Å². The lowest BCUT2D eigenvalue weighted by atomic mass is 9.97. The summed E-state index contributed by atoms with van der Waals surface area (Å²) in [5, 5.41) is 31.3. The van der Waals surface area contributed by atoms with Gasteiger partial charge in [0.2, 0.25) is 0 Å². The molecule has 53 heavy (non-hydrogen) atoms. The molecule has 1 aliphatic rings. The Bertz CT molecular complexity index is 1950. The normalized spacial score (nSPS) is 22.0. The molecule has 3 heterocycles. The molecule has 1 aliphatic heterocycles. The van der Waals surface area contributed by atoms with Crippen molar-refractivity contribution in [1.29, 1.82) is 0 Å². The molecule has 0 saturated carbocycles. The second-order valence-corrected chi connectivity index (χ2v) is 14.0. The molecule has 0 radical (unpaired) electrons. The number of ether oxygens (including phenoxy) is 4. The summed E-state index contributed by atoms with van der Waals surface area (Å²) in [7, 11) is -2.12. The topological polar surface area (TPSA) is 244 Å². The fraction of sp³-hybridized carbons (Fsp3) is 0.382. The van der Waals surface area contributed by atoms with Crippen LogP contribution in [0.5, 0.6) is 5.75 Å². The van der Waals surface area contributed by atoms with E-state index in [4.69, 9.17) is 33.7 Å². The van der Waals surface area contributed by atoms with Gasteiger partial charge in [-0.1, -0.05) is 42.5 Å². The number of nitrogen functional groups attached to an aromatic ring is 1. The van der Waals surface area contributed by atoms with Gasteiger partial charge < -0.3 is 44.7 Å². The van der Waals surface area contributed by atoms with E-state index in [-0.39, 0.29) is 24.6 Å². The number of nitrogens with two attached hydrogens (primary N) is 1. The molecule has 2 aromatic heterocycles. The minimum absolute atomic E-state index is 0.00185. The summed E-state index contributed by atoms with van der Waals surface area (Å²) in [6.07, 6.45) is -3.67. The highest BCUT2D eigenvalue weighted by molar-refractivity contribution is 7.52. The second kappa shape index (κ2) is 16.7. The number of carbonyl (C=O) groups excluding carboxylic acids is 3. The highest BCUT2D eigenvalue weighted by Crippen LogP contribution is 2.48. The first-order valence-corrected chi connectivity index (χ1v) is 17.9. The van der Waals surface area contributed by atoms with Gasteiger partial charge in [0.1, 0.15) is 60.2 Å². The number of carbonyl (C=O) groups is 3. The van der Waals surface area contributed by atoms with E-state index in [1.54, 1.807) is 48.5 Å². The molecular weight excluding hydrogens is 715 g/mol. The second-order valence-electron chi connectivity index (χ2n) is 12.4. The van der Waals surface area contributed by atoms with Gasteiger partial charge >= 0.3 is 25.8 Å². The smallest absolute Gasteiger partial charge is 0.459 e. The zero-order chi connectivity index (χ0) is 38.3. The SMILES string of the molecule is COC(=O)[C@H](C)NP(=O)(OC[C@@]1(C)O[C@@H](c2ccc3c(N)ncnn23)[C@H](O)[C@@H]1O)Oc1ccc(C[C@H](NC(=O)OCc2ccccc2)C(=O)OC)cc1. The van der Waals surface area contributed by atoms with Crippen LogP contribution in [-0.2, 0) is 50.7 Å². The van der Waals surface area contributed by atoms with Gasteiger partial charge in [0.25, 0.3) is 0 Å². The quantitative estimate of drug-likeness (QED) is 0.0663. The van der Waals surface area contributed by atoms with Gasteiger partial charge in [0.05, 0.1) is 26.5 Å². The summed E-state index contributed by atoms with van der Waals surface area (Å²) in [6.45, 7) is 2.25. The van der Waals surface area contributed by atoms with Crippen LogP contribution >= 0.6 is 7.75 Å². The molecule has 284 valence electrons. The van der Waals surface area contributed by atoms with Crippen LogP contribution in [0.4, 0.5) is 10.6 Å². The first-order chi connectivity index (χ1) is 25.3. The van der Waals surface area contributed by atoms with Crippen molar-refractivity contribution in [2.45, 2.75) is 62.9 Å². The molecule has 19 heteroatoms. The Labute approximate surface area is 304 Å². The minimum Gasteiger partial charge on any atom is -0.468 e. The fourth-order valence-corrected chi connectivity index (χ4v) is 7.16. The van der Waals surface area contributed by atoms with Gasteiger partial charge in [-0.05, 0) is 49.2 Å². The van der Waals surface area contributed by atoms with E-state index in [0.717, 1.165) is 12.7 Å². The molecule has 0 bridgehead atoms. The maximum atomic E-state index is 14.2. The molecule has 1 saturated heterocycles. The molecule has 0 spiro atoms. The summed E-state index contributed by atoms with van der Waals surface area (Å²) in [4.78, 5) is 41.2. The van der Waals surface area contributed by atoms with Crippen LogP contribution in [0.2, 0.25) is 0 Å². The van der Waals surface area contributed by atoms with Crippen LogP contribution in [0.15, 0.2) is 73.1 Å². The lowest BCUT2D eigenvalue weighted by Crippen LogP contribution is -2.45. The zero-order valence-corrected chi connectivity index (χ0v) is 30.2. The Morgan fingerprint density at radius 2 is 1.72 bits per heavy atom. The number of alkyl carbamates (subject to hydrolysis) is 1. The number of esters is 2. The predicted molar refractivity (Wildman–Crippen MR) is 186 cm³/mol. The van der Waals surface area contributed by atoms with Crippen LogP contribution in [-0.4, -0.2) is 93.6 Å². The Morgan fingerprint density at radius 1 is 1.02 bits per heavy atom. The van der Waals surface area contributed by atoms with Crippen LogP contribution < -0.4 is 20.7 Å². The summed E-state index contributed by atoms with van der Waals surface area (Å²) in [5.41, 5.74) is 6.45. The third kappa shape index (κ3) is 9.29. The third-order valence-electron chi connectivity index (χ3n) is 8.47. The van der Waals surface area contributed by atoms with E-state index in [9.17, 15) is 29.2 Å². The van der Waals surface area contributed by atoms with E-state index >= 15 is 0 Å². The average Bonchev–Trinajstić information content (AvgIpc) is 3.69. The van der Waals surface area contributed by atoms with E-state index in [2.05, 4.69) is 20.5 Å². The number of hydrogen-bond acceptors (Lipinski definition) is 15. The van der Waals surface area contributed by atoms with Crippen molar-refractivity contribution in [3.8, 4) is 5.75 Å². The molecule has 4 aromatic rings. The lowest BCUT2D eigenvalue weighted by Gasteiger charge is -2.30. The minimum atomic E-state index is -4.46. The molecule has 5 rings (SSSR count). The molecule has 7 atom stereocenters. The molecule has 1 unspecified atom stereocenters. The van der Waals surface area contributed by atoms with Crippen molar-refractivity contribution in [2.75, 3.05) is 26.6 Å². The van der Waals surface area contributed by atoms with E-state index in [1.165, 1.54) is 43.9 Å². The molecular formula is C34H41N6O12P. The number of aliphatic hydroxyl groups excluding tert-OH is 2. The maximum Gasteiger partial charge on any atom is 0.459 e. The largest absolute Gasteiger partial charge is 0.468 e. The number of anilines is 1. The summed E-state index contributed by atoms with van der Waals surface area (Å²) in [6, 6.07) is 16.0. The number of hydrogen-bond donors (Lipinski definition) is 5. The van der Waals surface area contributed by atoms with Crippen molar-refractivity contribution >= 4 is 37.1 Å². The first-order valence-electron chi connectivity index (χ1n) is 16.3. The number of fused-ring (bicyclic) bond motifs is 1. The Hall–Kier alpha value is -5.10. The van der Waals surface area contributed by atoms with Gasteiger partial charge in [-0.3, -0.25) is 9.32 Å². The number of rotatable bonds is 15. The van der Waals surface area contributed by atoms with Crippen LogP contribution in [0, 0.1) is 0 Å². The number of amides is 1. The molecule has 0 aliphatic carbocycles. The number of aromatic nitrogens is 3. The van der Waals surface area contributed by atoms with Crippen LogP contribution in [0.25, 0.3) is 5.52 Å². The average molecular weight is 757 g/mol. The van der Waals surface area contributed by atoms with Crippen molar-refractivity contribution in [3.05, 3.63) is 89.9 Å². The maximum absolute atomic E-state index is 14.2. The molecule has 2 aromatic carbocycles. The first kappa shape index (κ1) is 39.1. The number of benzene rings is 2. The third-order valence-corrected chi connectivity index (χ3v) is 10.1. The standard InChI is InChI=1S/C34H41N6O12P/c1-20(31(43)47-3)39-53(46,50-18-34(2)29(42)27(41)28(51-34)25-14-15-26-30(35)36-19-37-40(25)26)52-23-12-10-21(11-13-23)16-24(32(44)48-4)38-33(45)49-17-22-8-6-5-7-9-22/h5-15,19-20,24,27-29,41-42H,16-18H2,1-4H3,(H,38,45)(H,39,46)(H2,35,36,37)/t20-,24-,27-,28-,29-,34+,53?/m0/s1. The molecule has 6 N–H and O–H groups in total. The van der Waals surface area contributed by atoms with Crippen molar-refractivity contribution in [3.63, 3.8) is 0 Å². The van der Waals surface area contributed by atoms with Crippen LogP contribution in [0.3, 0.4) is 0 Å². The van der Waals surface area contributed by atoms with Gasteiger partial charge in [-0.15, -0.1) is 0 Å². The summed E-state index contributed by atoms with van der Waals surface area (Å²) in [5.74, 6) is -1.25. The van der Waals surface area contributed by atoms with Gasteiger partial charge in [0, 0.05) is 6.42 Å². The van der Waals surface area contributed by atoms with Crippen molar-refractivity contribution in [2.24, 2.45) is 0 Å². The van der Waals surface area contributed by atoms with Crippen LogP contribution in [0.1, 0.15) is 36.8 Å². The zero-order valence-electron chi connectivity index (χ0n) is 29.3. The number of methoxy groups -OCH3 is 2. The Kier molecular flexibility index (Phi) is 12.3. The van der Waals surface area contributed by atoms with E-state index in [0.29, 0.717) is 16.8 Å². The fourth-order valence-electron chi connectivity index (χ4n) is 5.57. The van der Waals surface area contributed by atoms with E-state index < -0.39 is 68.4 Å². The van der Waals surface area contributed by atoms with Gasteiger partial charge in [-0.2, -0.15) is 10.2 Å². The number of nitrogens with one attached hydrogen (secondary N) is 2. The van der Waals surface area contributed by atoms with E-state index in [1.807, 2.05) is 6.07 Å². The Morgan fingerprint density at radius 3 is 2.40 bits per heavy atom. The summed E-state index contributed by atoms with van der Waals surface area (Å²) >= 11 is 0. The Balaban J connectivity index is 1.28. The number of aliphatic hydroxyl groups is 2. The summed E-state index contributed by atoms with van der Waals surface area (Å²) < 4.78 is 48.1. The highest BCUT2D eigenvalue weighted by atomic mass is 31.2. The molecule has 1 fully saturated rings. The molecule has 1 amide bonds. The van der Waals surface area contributed by atoms with Gasteiger partial charge in [0.15, 0.2) is 5.82 Å². The highest BCUT2D eigenvalue weighted by Gasteiger charge is 2.54.